The summed E-state index contributed by atoms with van der Waals surface area (Å²) in [7, 11) is -6.57. The lowest BCUT2D eigenvalue weighted by atomic mass is 10.3. The highest BCUT2D eigenvalue weighted by atomic mass is 32.2. The van der Waals surface area contributed by atoms with Gasteiger partial charge < -0.3 is 0 Å². The maximum absolute atomic E-state index is 11.2. The monoisotopic (exact) mass is 263 g/mol. The van der Waals surface area contributed by atoms with E-state index in [4.69, 9.17) is 0 Å². The summed E-state index contributed by atoms with van der Waals surface area (Å²) in [4.78, 5) is 0.159. The maximum atomic E-state index is 11.2. The molecule has 0 atom stereocenters. The van der Waals surface area contributed by atoms with Crippen LogP contribution in [0.4, 0.5) is 5.69 Å². The zero-order valence-electron chi connectivity index (χ0n) is 8.97. The molecule has 1 aromatic rings. The molecule has 1 N–H and O–H groups in total. The van der Waals surface area contributed by atoms with Gasteiger partial charge in [-0.1, -0.05) is 0 Å². The van der Waals surface area contributed by atoms with Crippen LogP contribution in [0.15, 0.2) is 29.2 Å². The number of nitrogens with one attached hydrogen (secondary N) is 1. The summed E-state index contributed by atoms with van der Waals surface area (Å²) in [5.41, 5.74) is 0.356. The largest absolute Gasteiger partial charge is 0.284 e. The van der Waals surface area contributed by atoms with Crippen molar-refractivity contribution in [1.82, 2.24) is 0 Å². The van der Waals surface area contributed by atoms with Gasteiger partial charge >= 0.3 is 0 Å². The molecule has 0 fully saturated rings. The van der Waals surface area contributed by atoms with E-state index in [0.29, 0.717) is 5.69 Å². The predicted molar refractivity (Wildman–Crippen MR) is 62.6 cm³/mol. The summed E-state index contributed by atoms with van der Waals surface area (Å²) in [6.45, 7) is 1.52. The molecule has 0 bridgehead atoms. The van der Waals surface area contributed by atoms with Crippen LogP contribution in [0.1, 0.15) is 6.92 Å². The Morgan fingerprint density at radius 3 is 1.94 bits per heavy atom. The summed E-state index contributed by atoms with van der Waals surface area (Å²) < 4.78 is 47.1. The van der Waals surface area contributed by atoms with Gasteiger partial charge in [0.2, 0.25) is 10.0 Å². The summed E-state index contributed by atoms with van der Waals surface area (Å²) in [6.07, 6.45) is 1.10. The molecule has 16 heavy (non-hydrogen) atoms. The summed E-state index contributed by atoms with van der Waals surface area (Å²) in [6, 6.07) is 5.57. The van der Waals surface area contributed by atoms with Gasteiger partial charge in [-0.15, -0.1) is 0 Å². The summed E-state index contributed by atoms with van der Waals surface area (Å²) >= 11 is 0. The third-order valence-corrected chi connectivity index (χ3v) is 4.37. The molecule has 0 aliphatic carbocycles. The van der Waals surface area contributed by atoms with E-state index >= 15 is 0 Å². The standard InChI is InChI=1S/C9H13NO4S2/c1-3-16(13,14)10-8-4-6-9(7-5-8)15(2,11)12/h4-7,10H,3H2,1-2H3. The van der Waals surface area contributed by atoms with Crippen LogP contribution in [0, 0.1) is 0 Å². The molecule has 1 rings (SSSR count). The van der Waals surface area contributed by atoms with E-state index in [9.17, 15) is 16.8 Å². The van der Waals surface area contributed by atoms with Gasteiger partial charge in [0.15, 0.2) is 9.84 Å². The average Bonchev–Trinajstić information content (AvgIpc) is 2.16. The van der Waals surface area contributed by atoms with Crippen molar-refractivity contribution in [1.29, 1.82) is 0 Å². The number of hydrogen-bond acceptors (Lipinski definition) is 4. The lowest BCUT2D eigenvalue weighted by Crippen LogP contribution is -2.14. The Kier molecular flexibility index (Phi) is 3.59. The fourth-order valence-electron chi connectivity index (χ4n) is 1.02. The molecule has 0 unspecified atom stereocenters. The lowest BCUT2D eigenvalue weighted by molar-refractivity contribution is 0.601. The van der Waals surface area contributed by atoms with Gasteiger partial charge in [0.05, 0.1) is 10.6 Å². The van der Waals surface area contributed by atoms with Gasteiger partial charge in [0.25, 0.3) is 0 Å². The Morgan fingerprint density at radius 2 is 1.56 bits per heavy atom. The number of sulfone groups is 1. The zero-order chi connectivity index (χ0) is 12.4. The first-order valence-electron chi connectivity index (χ1n) is 4.55. The first-order chi connectivity index (χ1) is 7.24. The summed E-state index contributed by atoms with van der Waals surface area (Å²) in [5.74, 6) is -0.0270. The van der Waals surface area contributed by atoms with Crippen LogP contribution >= 0.6 is 0 Å². The third-order valence-electron chi connectivity index (χ3n) is 1.94. The molecule has 5 nitrogen and oxygen atoms in total. The fourth-order valence-corrected chi connectivity index (χ4v) is 2.29. The highest BCUT2D eigenvalue weighted by Crippen LogP contribution is 2.14. The molecular weight excluding hydrogens is 250 g/mol. The van der Waals surface area contributed by atoms with Crippen LogP contribution in [0.2, 0.25) is 0 Å². The second-order valence-corrected chi connectivity index (χ2v) is 7.33. The molecular formula is C9H13NO4S2. The zero-order valence-corrected chi connectivity index (χ0v) is 10.6. The molecule has 0 aliphatic heterocycles. The number of rotatable bonds is 4. The minimum atomic E-state index is -3.32. The van der Waals surface area contributed by atoms with Crippen molar-refractivity contribution >= 4 is 25.5 Å². The van der Waals surface area contributed by atoms with Gasteiger partial charge in [-0.2, -0.15) is 0 Å². The van der Waals surface area contributed by atoms with Crippen molar-refractivity contribution in [3.63, 3.8) is 0 Å². The van der Waals surface area contributed by atoms with Gasteiger partial charge in [0.1, 0.15) is 0 Å². The fraction of sp³-hybridized carbons (Fsp3) is 0.333. The van der Waals surface area contributed by atoms with Crippen LogP contribution in [-0.2, 0) is 19.9 Å². The van der Waals surface area contributed by atoms with E-state index in [1.54, 1.807) is 0 Å². The third kappa shape index (κ3) is 3.49. The first kappa shape index (κ1) is 13.0. The average molecular weight is 263 g/mol. The Hall–Kier alpha value is -1.08. The van der Waals surface area contributed by atoms with E-state index in [-0.39, 0.29) is 10.6 Å². The Bertz CT molecular complexity index is 558. The second kappa shape index (κ2) is 4.42. The lowest BCUT2D eigenvalue weighted by Gasteiger charge is -2.06. The van der Waals surface area contributed by atoms with Crippen molar-refractivity contribution in [2.24, 2.45) is 0 Å². The molecule has 90 valence electrons. The number of anilines is 1. The molecule has 0 amide bonds. The van der Waals surface area contributed by atoms with Crippen molar-refractivity contribution in [3.05, 3.63) is 24.3 Å². The van der Waals surface area contributed by atoms with Gasteiger partial charge in [-0.3, -0.25) is 4.72 Å². The Morgan fingerprint density at radius 1 is 1.06 bits per heavy atom. The van der Waals surface area contributed by atoms with Gasteiger partial charge in [0, 0.05) is 11.9 Å². The minimum Gasteiger partial charge on any atom is -0.284 e. The quantitative estimate of drug-likeness (QED) is 0.873. The van der Waals surface area contributed by atoms with Crippen LogP contribution in [0.5, 0.6) is 0 Å². The first-order valence-corrected chi connectivity index (χ1v) is 8.09. The minimum absolute atomic E-state index is 0.0270. The highest BCUT2D eigenvalue weighted by molar-refractivity contribution is 7.92. The predicted octanol–water partition coefficient (Wildman–Crippen LogP) is 0.852. The Balaban J connectivity index is 2.97. The van der Waals surface area contributed by atoms with E-state index in [2.05, 4.69) is 4.72 Å². The number of sulfonamides is 1. The normalized spacial score (nSPS) is 12.4. The highest BCUT2D eigenvalue weighted by Gasteiger charge is 2.09. The van der Waals surface area contributed by atoms with Crippen LogP contribution in [0.25, 0.3) is 0 Å². The smallest absolute Gasteiger partial charge is 0.232 e. The van der Waals surface area contributed by atoms with Crippen molar-refractivity contribution < 1.29 is 16.8 Å². The van der Waals surface area contributed by atoms with Crippen molar-refractivity contribution in [2.45, 2.75) is 11.8 Å². The molecule has 7 heteroatoms. The van der Waals surface area contributed by atoms with Gasteiger partial charge in [-0.05, 0) is 31.2 Å². The maximum Gasteiger partial charge on any atom is 0.232 e. The van der Waals surface area contributed by atoms with E-state index in [0.717, 1.165) is 6.26 Å². The van der Waals surface area contributed by atoms with Crippen LogP contribution in [-0.4, -0.2) is 28.8 Å². The number of benzene rings is 1. The van der Waals surface area contributed by atoms with Crippen molar-refractivity contribution in [2.75, 3.05) is 16.7 Å². The van der Waals surface area contributed by atoms with E-state index in [1.807, 2.05) is 0 Å². The van der Waals surface area contributed by atoms with Gasteiger partial charge in [-0.25, -0.2) is 16.8 Å². The second-order valence-electron chi connectivity index (χ2n) is 3.30. The topological polar surface area (TPSA) is 80.3 Å². The molecule has 0 saturated carbocycles. The van der Waals surface area contributed by atoms with Crippen molar-refractivity contribution in [3.8, 4) is 0 Å². The molecule has 0 saturated heterocycles. The van der Waals surface area contributed by atoms with E-state index in [1.165, 1.54) is 31.2 Å². The SMILES string of the molecule is CCS(=O)(=O)Nc1ccc(S(C)(=O)=O)cc1. The molecule has 0 heterocycles. The molecule has 0 spiro atoms. The van der Waals surface area contributed by atoms with Crippen LogP contribution < -0.4 is 4.72 Å². The van der Waals surface area contributed by atoms with E-state index < -0.39 is 19.9 Å². The summed E-state index contributed by atoms with van der Waals surface area (Å²) in [5, 5.41) is 0. The molecule has 1 aromatic carbocycles. The van der Waals surface area contributed by atoms with Crippen LogP contribution in [0.3, 0.4) is 0 Å². The molecule has 0 radical (unpaired) electrons. The Labute approximate surface area is 95.5 Å². The number of hydrogen-bond donors (Lipinski definition) is 1. The molecule has 0 aromatic heterocycles. The molecule has 0 aliphatic rings.